The predicted octanol–water partition coefficient (Wildman–Crippen LogP) is 4.01. The zero-order valence-electron chi connectivity index (χ0n) is 17.0. The van der Waals surface area contributed by atoms with Crippen LogP contribution < -0.4 is 26.7 Å². The van der Waals surface area contributed by atoms with E-state index in [1.54, 1.807) is 43.7 Å². The van der Waals surface area contributed by atoms with Crippen LogP contribution in [-0.4, -0.2) is 23.8 Å². The van der Waals surface area contributed by atoms with E-state index in [1.165, 1.54) is 19.2 Å². The van der Waals surface area contributed by atoms with Gasteiger partial charge in [-0.2, -0.15) is 0 Å². The third-order valence-electron chi connectivity index (χ3n) is 4.50. The standard InChI is InChI=1S/C21H20FIN3O4P/c1-26-18(27)11-17(30-13-5-4-6-14(10-13)31(2,3)29)19(20(24)28)21(26)25-16-8-7-12(23)9-15(16)22/h4-11,25H,1-3H3,(H2,24,28). The Bertz CT molecular complexity index is 1290. The number of nitrogens with one attached hydrogen (secondary N) is 1. The van der Waals surface area contributed by atoms with Crippen molar-refractivity contribution in [1.82, 2.24) is 4.57 Å². The predicted molar refractivity (Wildman–Crippen MR) is 128 cm³/mol. The number of primary amides is 1. The molecule has 3 rings (SSSR count). The number of benzene rings is 2. The van der Waals surface area contributed by atoms with Gasteiger partial charge in [-0.15, -0.1) is 0 Å². The van der Waals surface area contributed by atoms with Gasteiger partial charge in [0.1, 0.15) is 35.8 Å². The maximum absolute atomic E-state index is 14.4. The van der Waals surface area contributed by atoms with Crippen LogP contribution in [0.25, 0.3) is 0 Å². The Labute approximate surface area is 191 Å². The molecule has 7 nitrogen and oxygen atoms in total. The lowest BCUT2D eigenvalue weighted by molar-refractivity contribution is 0.0998. The summed E-state index contributed by atoms with van der Waals surface area (Å²) >= 11 is 1.97. The number of nitrogens with zero attached hydrogens (tertiary/aromatic N) is 1. The summed E-state index contributed by atoms with van der Waals surface area (Å²) in [6, 6.07) is 12.2. The Hall–Kier alpha value is -2.65. The molecule has 0 unspecified atom stereocenters. The quantitative estimate of drug-likeness (QED) is 0.354. The molecule has 1 heterocycles. The van der Waals surface area contributed by atoms with Crippen LogP contribution in [0.3, 0.4) is 0 Å². The lowest BCUT2D eigenvalue weighted by atomic mass is 10.2. The number of nitrogens with two attached hydrogens (primary N) is 1. The van der Waals surface area contributed by atoms with Gasteiger partial charge in [0.25, 0.3) is 11.5 Å². The zero-order chi connectivity index (χ0) is 22.9. The van der Waals surface area contributed by atoms with Gasteiger partial charge in [0, 0.05) is 22.0 Å². The first-order chi connectivity index (χ1) is 14.5. The van der Waals surface area contributed by atoms with Gasteiger partial charge >= 0.3 is 0 Å². The summed E-state index contributed by atoms with van der Waals surface area (Å²) in [5, 5.41) is 3.36. The van der Waals surface area contributed by atoms with E-state index >= 15 is 0 Å². The lowest BCUT2D eigenvalue weighted by Gasteiger charge is -2.18. The van der Waals surface area contributed by atoms with E-state index in [9.17, 15) is 18.5 Å². The molecule has 0 atom stereocenters. The van der Waals surface area contributed by atoms with Gasteiger partial charge < -0.3 is 20.4 Å². The fraction of sp³-hybridized carbons (Fsp3) is 0.143. The van der Waals surface area contributed by atoms with Crippen molar-refractivity contribution in [2.75, 3.05) is 18.6 Å². The van der Waals surface area contributed by atoms with Crippen molar-refractivity contribution in [3.8, 4) is 11.5 Å². The summed E-state index contributed by atoms with van der Waals surface area (Å²) in [6.45, 7) is 3.24. The van der Waals surface area contributed by atoms with E-state index in [-0.39, 0.29) is 28.6 Å². The average molecular weight is 555 g/mol. The van der Waals surface area contributed by atoms with Gasteiger partial charge in [-0.3, -0.25) is 14.2 Å². The van der Waals surface area contributed by atoms with Crippen LogP contribution >= 0.6 is 29.7 Å². The van der Waals surface area contributed by atoms with Gasteiger partial charge in [0.05, 0.1) is 5.69 Å². The van der Waals surface area contributed by atoms with Crippen molar-refractivity contribution in [2.45, 2.75) is 0 Å². The fourth-order valence-corrected chi connectivity index (χ4v) is 4.20. The van der Waals surface area contributed by atoms with Gasteiger partial charge in [0.15, 0.2) is 0 Å². The van der Waals surface area contributed by atoms with E-state index in [0.717, 1.165) is 10.6 Å². The van der Waals surface area contributed by atoms with Crippen LogP contribution in [0.1, 0.15) is 10.4 Å². The molecule has 0 saturated heterocycles. The number of carbonyl (C=O) groups excluding carboxylic acids is 1. The first kappa shape index (κ1) is 23.0. The Morgan fingerprint density at radius 2 is 1.90 bits per heavy atom. The molecule has 0 fully saturated rings. The molecule has 0 radical (unpaired) electrons. The summed E-state index contributed by atoms with van der Waals surface area (Å²) in [4.78, 5) is 24.8. The number of pyridine rings is 1. The largest absolute Gasteiger partial charge is 0.456 e. The van der Waals surface area contributed by atoms with Crippen molar-refractivity contribution in [3.05, 3.63) is 73.8 Å². The van der Waals surface area contributed by atoms with Crippen molar-refractivity contribution in [2.24, 2.45) is 12.8 Å². The number of hydrogen-bond acceptors (Lipinski definition) is 5. The lowest BCUT2D eigenvalue weighted by Crippen LogP contribution is -2.25. The molecule has 1 amide bonds. The van der Waals surface area contributed by atoms with Crippen LogP contribution in [0.15, 0.2) is 53.3 Å². The number of ether oxygens (including phenoxy) is 1. The van der Waals surface area contributed by atoms with E-state index in [1.807, 2.05) is 22.6 Å². The van der Waals surface area contributed by atoms with Gasteiger partial charge in [-0.1, -0.05) is 12.1 Å². The Balaban J connectivity index is 2.13. The van der Waals surface area contributed by atoms with Gasteiger partial charge in [0.2, 0.25) is 0 Å². The minimum atomic E-state index is -2.56. The number of halogens is 2. The summed E-state index contributed by atoms with van der Waals surface area (Å²) in [5.74, 6) is -1.25. The molecule has 3 aromatic rings. The maximum atomic E-state index is 14.4. The highest BCUT2D eigenvalue weighted by Gasteiger charge is 2.22. The molecule has 31 heavy (non-hydrogen) atoms. The summed E-state index contributed by atoms with van der Waals surface area (Å²) in [6.07, 6.45) is 0. The number of anilines is 2. The molecule has 0 bridgehead atoms. The minimum absolute atomic E-state index is 0.0112. The van der Waals surface area contributed by atoms with Crippen LogP contribution in [0.5, 0.6) is 11.5 Å². The second kappa shape index (κ2) is 8.84. The highest BCUT2D eigenvalue weighted by atomic mass is 127. The third kappa shape index (κ3) is 5.16. The number of carbonyl (C=O) groups is 1. The van der Waals surface area contributed by atoms with Crippen LogP contribution in [0, 0.1) is 9.39 Å². The Morgan fingerprint density at radius 3 is 2.52 bits per heavy atom. The Morgan fingerprint density at radius 1 is 1.19 bits per heavy atom. The zero-order valence-corrected chi connectivity index (χ0v) is 20.0. The monoisotopic (exact) mass is 555 g/mol. The van der Waals surface area contributed by atoms with E-state index < -0.39 is 24.4 Å². The van der Waals surface area contributed by atoms with Crippen molar-refractivity contribution < 1.29 is 18.5 Å². The van der Waals surface area contributed by atoms with Gasteiger partial charge in [-0.25, -0.2) is 4.39 Å². The molecule has 0 spiro atoms. The number of hydrogen-bond donors (Lipinski definition) is 2. The molecule has 2 aromatic carbocycles. The van der Waals surface area contributed by atoms with Crippen LogP contribution in [0.4, 0.5) is 15.9 Å². The van der Waals surface area contributed by atoms with Crippen molar-refractivity contribution in [3.63, 3.8) is 0 Å². The first-order valence-corrected chi connectivity index (χ1v) is 12.7. The molecule has 0 aliphatic rings. The molecule has 0 aliphatic heterocycles. The number of amides is 1. The minimum Gasteiger partial charge on any atom is -0.456 e. The normalized spacial score (nSPS) is 11.3. The second-order valence-electron chi connectivity index (χ2n) is 7.19. The molecule has 1 aromatic heterocycles. The van der Waals surface area contributed by atoms with Crippen LogP contribution in [0.2, 0.25) is 0 Å². The van der Waals surface area contributed by atoms with Crippen molar-refractivity contribution >= 4 is 52.4 Å². The average Bonchev–Trinajstić information content (AvgIpc) is 2.67. The van der Waals surface area contributed by atoms with Gasteiger partial charge in [-0.05, 0) is 66.3 Å². The highest BCUT2D eigenvalue weighted by Crippen LogP contribution is 2.37. The first-order valence-electron chi connectivity index (χ1n) is 9.06. The maximum Gasteiger partial charge on any atom is 0.256 e. The van der Waals surface area contributed by atoms with Crippen LogP contribution in [-0.2, 0) is 11.6 Å². The number of aromatic nitrogens is 1. The van der Waals surface area contributed by atoms with E-state index in [4.69, 9.17) is 10.5 Å². The molecule has 162 valence electrons. The highest BCUT2D eigenvalue weighted by molar-refractivity contribution is 14.1. The molecule has 3 N–H and O–H groups in total. The molecule has 10 heteroatoms. The van der Waals surface area contributed by atoms with Crippen molar-refractivity contribution in [1.29, 1.82) is 0 Å². The third-order valence-corrected chi connectivity index (χ3v) is 6.69. The van der Waals surface area contributed by atoms with E-state index in [0.29, 0.717) is 8.87 Å². The number of rotatable bonds is 6. The molecule has 0 saturated carbocycles. The molecule has 0 aliphatic carbocycles. The topological polar surface area (TPSA) is 103 Å². The molecular formula is C21H20FIN3O4P. The summed E-state index contributed by atoms with van der Waals surface area (Å²) in [7, 11) is -1.13. The second-order valence-corrected chi connectivity index (χ2v) is 11.7. The summed E-state index contributed by atoms with van der Waals surface area (Å²) in [5.41, 5.74) is 5.03. The summed E-state index contributed by atoms with van der Waals surface area (Å²) < 4.78 is 34.4. The molecular weight excluding hydrogens is 535 g/mol. The van der Waals surface area contributed by atoms with E-state index in [2.05, 4.69) is 5.32 Å². The Kier molecular flexibility index (Phi) is 6.56. The fourth-order valence-electron chi connectivity index (χ4n) is 2.87. The SMILES string of the molecule is Cn1c(Nc2ccc(I)cc2F)c(C(N)=O)c(Oc2cccc(P(C)(C)=O)c2)cc1=O. The smallest absolute Gasteiger partial charge is 0.256 e.